The molecule has 1 aromatic carbocycles. The van der Waals surface area contributed by atoms with Crippen molar-refractivity contribution >= 4 is 27.5 Å². The van der Waals surface area contributed by atoms with Gasteiger partial charge in [-0.1, -0.05) is 0 Å². The Morgan fingerprint density at radius 2 is 2.14 bits per heavy atom. The first kappa shape index (κ1) is 12.5. The van der Waals surface area contributed by atoms with E-state index in [-0.39, 0.29) is 0 Å². The summed E-state index contributed by atoms with van der Waals surface area (Å²) in [5.74, 6) is 0. The fourth-order valence-corrected chi connectivity index (χ4v) is 4.16. The standard InChI is InChI=1S/C18H20N4/c1-2-14-12-22(9-8-21(14)7-1)18-4-6-20-17-10-13-3-5-19-16(13)11-15(17)18/h3-6,10-11,14,19H,1-2,7-9,12H2/t14-/m0/s1. The first-order valence-electron chi connectivity index (χ1n) is 8.23. The van der Waals surface area contributed by atoms with Crippen molar-refractivity contribution in [2.75, 3.05) is 31.1 Å². The Morgan fingerprint density at radius 3 is 3.14 bits per heavy atom. The number of hydrogen-bond donors (Lipinski definition) is 1. The third-order valence-electron chi connectivity index (χ3n) is 5.32. The van der Waals surface area contributed by atoms with Crippen LogP contribution in [0.5, 0.6) is 0 Å². The van der Waals surface area contributed by atoms with Gasteiger partial charge in [0.25, 0.3) is 0 Å². The molecule has 0 spiro atoms. The van der Waals surface area contributed by atoms with Gasteiger partial charge in [0.05, 0.1) is 5.52 Å². The van der Waals surface area contributed by atoms with Crippen molar-refractivity contribution < 1.29 is 0 Å². The number of aromatic amines is 1. The number of nitrogens with one attached hydrogen (secondary N) is 1. The van der Waals surface area contributed by atoms with E-state index in [1.54, 1.807) is 0 Å². The Morgan fingerprint density at radius 1 is 1.14 bits per heavy atom. The molecule has 5 rings (SSSR count). The van der Waals surface area contributed by atoms with Crippen LogP contribution in [0.4, 0.5) is 5.69 Å². The monoisotopic (exact) mass is 292 g/mol. The van der Waals surface area contributed by atoms with Crippen LogP contribution < -0.4 is 4.90 Å². The number of hydrogen-bond acceptors (Lipinski definition) is 3. The van der Waals surface area contributed by atoms with Crippen LogP contribution in [-0.2, 0) is 0 Å². The highest BCUT2D eigenvalue weighted by atomic mass is 15.3. The van der Waals surface area contributed by atoms with E-state index in [1.807, 2.05) is 12.4 Å². The van der Waals surface area contributed by atoms with E-state index in [0.717, 1.165) is 24.6 Å². The van der Waals surface area contributed by atoms with E-state index in [1.165, 1.54) is 47.9 Å². The van der Waals surface area contributed by atoms with Gasteiger partial charge in [0.2, 0.25) is 0 Å². The van der Waals surface area contributed by atoms with Crippen LogP contribution in [0.1, 0.15) is 12.8 Å². The minimum Gasteiger partial charge on any atom is -0.368 e. The van der Waals surface area contributed by atoms with E-state index in [2.05, 4.69) is 44.0 Å². The van der Waals surface area contributed by atoms with Crippen LogP contribution in [0.25, 0.3) is 21.8 Å². The maximum absolute atomic E-state index is 4.58. The van der Waals surface area contributed by atoms with Gasteiger partial charge in [-0.15, -0.1) is 0 Å². The fourth-order valence-electron chi connectivity index (χ4n) is 4.16. The van der Waals surface area contributed by atoms with E-state index in [4.69, 9.17) is 0 Å². The van der Waals surface area contributed by atoms with Crippen LogP contribution >= 0.6 is 0 Å². The van der Waals surface area contributed by atoms with Crippen LogP contribution in [0.3, 0.4) is 0 Å². The van der Waals surface area contributed by atoms with Gasteiger partial charge in [0.15, 0.2) is 0 Å². The highest BCUT2D eigenvalue weighted by Crippen LogP contribution is 2.32. The molecule has 4 heteroatoms. The Labute approximate surface area is 129 Å². The maximum Gasteiger partial charge on any atom is 0.0730 e. The van der Waals surface area contributed by atoms with Crippen LogP contribution in [0, 0.1) is 0 Å². The molecular weight excluding hydrogens is 272 g/mol. The third-order valence-corrected chi connectivity index (χ3v) is 5.32. The lowest BCUT2D eigenvalue weighted by Gasteiger charge is -2.39. The molecule has 112 valence electrons. The molecule has 2 aliphatic heterocycles. The number of anilines is 1. The second kappa shape index (κ2) is 4.71. The number of pyridine rings is 1. The van der Waals surface area contributed by atoms with Crippen LogP contribution in [-0.4, -0.2) is 47.1 Å². The summed E-state index contributed by atoms with van der Waals surface area (Å²) < 4.78 is 0. The molecule has 0 amide bonds. The molecule has 2 saturated heterocycles. The van der Waals surface area contributed by atoms with E-state index in [9.17, 15) is 0 Å². The number of H-pyrrole nitrogens is 1. The van der Waals surface area contributed by atoms with Crippen molar-refractivity contribution in [1.29, 1.82) is 0 Å². The van der Waals surface area contributed by atoms with Gasteiger partial charge in [-0.3, -0.25) is 9.88 Å². The predicted molar refractivity (Wildman–Crippen MR) is 90.4 cm³/mol. The molecule has 0 radical (unpaired) electrons. The second-order valence-electron chi connectivity index (χ2n) is 6.54. The minimum absolute atomic E-state index is 0.742. The van der Waals surface area contributed by atoms with Crippen molar-refractivity contribution in [3.8, 4) is 0 Å². The van der Waals surface area contributed by atoms with Gasteiger partial charge in [-0.05, 0) is 43.7 Å². The Hall–Kier alpha value is -2.07. The van der Waals surface area contributed by atoms with Gasteiger partial charge in [0, 0.05) is 60.0 Å². The van der Waals surface area contributed by atoms with Crippen LogP contribution in [0.15, 0.2) is 36.7 Å². The molecule has 0 bridgehead atoms. The second-order valence-corrected chi connectivity index (χ2v) is 6.54. The number of piperazine rings is 1. The fraction of sp³-hybridized carbons (Fsp3) is 0.389. The van der Waals surface area contributed by atoms with E-state index < -0.39 is 0 Å². The van der Waals surface area contributed by atoms with E-state index >= 15 is 0 Å². The predicted octanol–water partition coefficient (Wildman–Crippen LogP) is 3.00. The summed E-state index contributed by atoms with van der Waals surface area (Å²) in [6.45, 7) is 4.76. The average Bonchev–Trinajstić information content (AvgIpc) is 3.19. The van der Waals surface area contributed by atoms with Gasteiger partial charge in [-0.25, -0.2) is 0 Å². The van der Waals surface area contributed by atoms with Gasteiger partial charge in [0.1, 0.15) is 0 Å². The largest absolute Gasteiger partial charge is 0.368 e. The Kier molecular flexibility index (Phi) is 2.67. The lowest BCUT2D eigenvalue weighted by molar-refractivity contribution is 0.231. The van der Waals surface area contributed by atoms with Crippen molar-refractivity contribution in [3.05, 3.63) is 36.7 Å². The molecule has 0 unspecified atom stereocenters. The number of nitrogens with zero attached hydrogens (tertiary/aromatic N) is 3. The molecule has 2 aromatic heterocycles. The molecule has 2 fully saturated rings. The normalized spacial score (nSPS) is 22.5. The zero-order valence-electron chi connectivity index (χ0n) is 12.6. The number of benzene rings is 1. The Balaban J connectivity index is 1.61. The molecular formula is C18H20N4. The third kappa shape index (κ3) is 1.83. The molecule has 0 saturated carbocycles. The number of aromatic nitrogens is 2. The highest BCUT2D eigenvalue weighted by molar-refractivity contribution is 6.01. The highest BCUT2D eigenvalue weighted by Gasteiger charge is 2.31. The molecule has 1 N–H and O–H groups in total. The first-order valence-corrected chi connectivity index (χ1v) is 8.23. The molecule has 22 heavy (non-hydrogen) atoms. The summed E-state index contributed by atoms with van der Waals surface area (Å²) in [6, 6.07) is 9.48. The molecule has 1 atom stereocenters. The lowest BCUT2D eigenvalue weighted by Crippen LogP contribution is -2.50. The minimum atomic E-state index is 0.742. The number of rotatable bonds is 1. The summed E-state index contributed by atoms with van der Waals surface area (Å²) in [7, 11) is 0. The van der Waals surface area contributed by atoms with Gasteiger partial charge < -0.3 is 9.88 Å². The number of fused-ring (bicyclic) bond motifs is 3. The summed E-state index contributed by atoms with van der Waals surface area (Å²) in [4.78, 5) is 13.1. The zero-order valence-corrected chi connectivity index (χ0v) is 12.6. The van der Waals surface area contributed by atoms with Gasteiger partial charge in [-0.2, -0.15) is 0 Å². The smallest absolute Gasteiger partial charge is 0.0730 e. The molecule has 4 heterocycles. The van der Waals surface area contributed by atoms with Crippen molar-refractivity contribution in [3.63, 3.8) is 0 Å². The molecule has 2 aliphatic rings. The summed E-state index contributed by atoms with van der Waals surface area (Å²) in [5, 5.41) is 2.50. The summed E-state index contributed by atoms with van der Waals surface area (Å²) in [6.07, 6.45) is 6.66. The first-order chi connectivity index (χ1) is 10.9. The maximum atomic E-state index is 4.58. The Bertz CT molecular complexity index is 837. The van der Waals surface area contributed by atoms with Crippen LogP contribution in [0.2, 0.25) is 0 Å². The van der Waals surface area contributed by atoms with Crippen molar-refractivity contribution in [2.45, 2.75) is 18.9 Å². The van der Waals surface area contributed by atoms with E-state index in [0.29, 0.717) is 0 Å². The summed E-state index contributed by atoms with van der Waals surface area (Å²) >= 11 is 0. The molecule has 4 nitrogen and oxygen atoms in total. The average molecular weight is 292 g/mol. The molecule has 3 aromatic rings. The summed E-state index contributed by atoms with van der Waals surface area (Å²) in [5.41, 5.74) is 3.63. The zero-order chi connectivity index (χ0) is 14.5. The quantitative estimate of drug-likeness (QED) is 0.749. The topological polar surface area (TPSA) is 35.2 Å². The van der Waals surface area contributed by atoms with Crippen molar-refractivity contribution in [2.24, 2.45) is 0 Å². The lowest BCUT2D eigenvalue weighted by atomic mass is 10.1. The van der Waals surface area contributed by atoms with Gasteiger partial charge >= 0.3 is 0 Å². The molecule has 0 aliphatic carbocycles. The SMILES string of the molecule is c1cc(N2CCN3CCC[C@H]3C2)c2cc3[nH]ccc3cc2n1. The van der Waals surface area contributed by atoms with Crippen molar-refractivity contribution in [1.82, 2.24) is 14.9 Å².